The first-order valence-electron chi connectivity index (χ1n) is 10.4. The zero-order valence-electron chi connectivity index (χ0n) is 17.9. The molecule has 0 spiro atoms. The summed E-state index contributed by atoms with van der Waals surface area (Å²) >= 11 is 0. The lowest BCUT2D eigenvalue weighted by Crippen LogP contribution is -2.42. The zero-order chi connectivity index (χ0) is 22.2. The van der Waals surface area contributed by atoms with Crippen LogP contribution >= 0.6 is 0 Å². The Balaban J connectivity index is 1.35. The number of aryl methyl sites for hydroxylation is 1. The van der Waals surface area contributed by atoms with Crippen molar-refractivity contribution >= 4 is 29.2 Å². The summed E-state index contributed by atoms with van der Waals surface area (Å²) in [5, 5.41) is 16.6. The van der Waals surface area contributed by atoms with E-state index in [9.17, 15) is 14.4 Å². The highest BCUT2D eigenvalue weighted by Gasteiger charge is 2.25. The van der Waals surface area contributed by atoms with E-state index in [0.717, 1.165) is 37.4 Å². The number of piperidine rings is 1. The standard InChI is InChI=1S/C22H28N6O3/c1-15-3-8-20(27-26-15)28-13-9-18(10-14-28)22(31)24-12-11-23-21(30)17-4-6-19(7-5-17)25-16(2)29/h3-8,18H,9-14H2,1-2H3,(H,23,30)(H,24,31)(H,25,29). The average Bonchev–Trinajstić information content (AvgIpc) is 2.77. The summed E-state index contributed by atoms with van der Waals surface area (Å²) in [6.07, 6.45) is 1.52. The summed E-state index contributed by atoms with van der Waals surface area (Å²) in [5.41, 5.74) is 2.01. The van der Waals surface area contributed by atoms with Gasteiger partial charge in [0.25, 0.3) is 5.91 Å². The number of carbonyl (C=O) groups is 3. The number of anilines is 2. The molecule has 164 valence electrons. The molecule has 0 radical (unpaired) electrons. The molecule has 31 heavy (non-hydrogen) atoms. The number of rotatable bonds is 7. The largest absolute Gasteiger partial charge is 0.355 e. The molecule has 0 bridgehead atoms. The molecule has 0 saturated carbocycles. The molecule has 1 aliphatic rings. The highest BCUT2D eigenvalue weighted by Crippen LogP contribution is 2.21. The second-order valence-electron chi connectivity index (χ2n) is 7.60. The maximum Gasteiger partial charge on any atom is 0.251 e. The fourth-order valence-electron chi connectivity index (χ4n) is 3.45. The van der Waals surface area contributed by atoms with E-state index in [-0.39, 0.29) is 23.6 Å². The van der Waals surface area contributed by atoms with Gasteiger partial charge < -0.3 is 20.9 Å². The first-order valence-corrected chi connectivity index (χ1v) is 10.4. The summed E-state index contributed by atoms with van der Waals surface area (Å²) in [7, 11) is 0. The summed E-state index contributed by atoms with van der Waals surface area (Å²) in [6, 6.07) is 10.5. The van der Waals surface area contributed by atoms with E-state index >= 15 is 0 Å². The predicted octanol–water partition coefficient (Wildman–Crippen LogP) is 1.51. The van der Waals surface area contributed by atoms with Crippen LogP contribution in [0.3, 0.4) is 0 Å². The van der Waals surface area contributed by atoms with Crippen LogP contribution in [0.5, 0.6) is 0 Å². The molecule has 2 heterocycles. The number of hydrogen-bond donors (Lipinski definition) is 3. The van der Waals surface area contributed by atoms with Crippen molar-refractivity contribution in [1.29, 1.82) is 0 Å². The molecule has 3 amide bonds. The minimum absolute atomic E-state index is 0.0172. The van der Waals surface area contributed by atoms with Crippen molar-refractivity contribution in [3.8, 4) is 0 Å². The molecule has 3 N–H and O–H groups in total. The normalized spacial score (nSPS) is 14.1. The van der Waals surface area contributed by atoms with Crippen LogP contribution in [-0.4, -0.2) is 54.1 Å². The predicted molar refractivity (Wildman–Crippen MR) is 118 cm³/mol. The molecular weight excluding hydrogens is 396 g/mol. The molecule has 0 atom stereocenters. The van der Waals surface area contributed by atoms with Crippen molar-refractivity contribution in [3.63, 3.8) is 0 Å². The second kappa shape index (κ2) is 10.5. The summed E-state index contributed by atoms with van der Waals surface area (Å²) < 4.78 is 0. The molecule has 1 aliphatic heterocycles. The molecule has 1 aromatic carbocycles. The number of aromatic nitrogens is 2. The van der Waals surface area contributed by atoms with E-state index in [4.69, 9.17) is 0 Å². The highest BCUT2D eigenvalue weighted by molar-refractivity contribution is 5.95. The second-order valence-corrected chi connectivity index (χ2v) is 7.60. The van der Waals surface area contributed by atoms with Crippen molar-refractivity contribution in [2.45, 2.75) is 26.7 Å². The third-order valence-corrected chi connectivity index (χ3v) is 5.15. The summed E-state index contributed by atoms with van der Waals surface area (Å²) in [6.45, 7) is 5.58. The molecule has 9 nitrogen and oxygen atoms in total. The molecule has 3 rings (SSSR count). The van der Waals surface area contributed by atoms with Crippen molar-refractivity contribution < 1.29 is 14.4 Å². The minimum Gasteiger partial charge on any atom is -0.355 e. The molecule has 1 aromatic heterocycles. The van der Waals surface area contributed by atoms with Gasteiger partial charge in [0, 0.05) is 50.3 Å². The van der Waals surface area contributed by atoms with Gasteiger partial charge in [-0.1, -0.05) is 0 Å². The van der Waals surface area contributed by atoms with E-state index in [1.165, 1.54) is 6.92 Å². The van der Waals surface area contributed by atoms with Crippen LogP contribution in [0.2, 0.25) is 0 Å². The number of nitrogens with zero attached hydrogens (tertiary/aromatic N) is 3. The summed E-state index contributed by atoms with van der Waals surface area (Å²) in [5.74, 6) is 0.436. The summed E-state index contributed by atoms with van der Waals surface area (Å²) in [4.78, 5) is 37.8. The van der Waals surface area contributed by atoms with Gasteiger partial charge >= 0.3 is 0 Å². The number of carbonyl (C=O) groups excluding carboxylic acids is 3. The van der Waals surface area contributed by atoms with Gasteiger partial charge in [0.1, 0.15) is 0 Å². The van der Waals surface area contributed by atoms with Gasteiger partial charge in [-0.3, -0.25) is 14.4 Å². The van der Waals surface area contributed by atoms with E-state index in [1.807, 2.05) is 19.1 Å². The third kappa shape index (κ3) is 6.50. The van der Waals surface area contributed by atoms with Gasteiger partial charge in [-0.2, -0.15) is 5.10 Å². The quantitative estimate of drug-likeness (QED) is 0.580. The van der Waals surface area contributed by atoms with Gasteiger partial charge in [-0.15, -0.1) is 5.10 Å². The fourth-order valence-corrected chi connectivity index (χ4v) is 3.45. The Bertz CT molecular complexity index is 906. The maximum absolute atomic E-state index is 12.4. The Morgan fingerprint density at radius 1 is 0.968 bits per heavy atom. The number of hydrogen-bond acceptors (Lipinski definition) is 6. The van der Waals surface area contributed by atoms with E-state index in [1.54, 1.807) is 24.3 Å². The zero-order valence-corrected chi connectivity index (χ0v) is 17.9. The lowest BCUT2D eigenvalue weighted by molar-refractivity contribution is -0.125. The Labute approximate surface area is 181 Å². The molecule has 0 unspecified atom stereocenters. The Kier molecular flexibility index (Phi) is 7.53. The number of amides is 3. The van der Waals surface area contributed by atoms with E-state index < -0.39 is 0 Å². The molecule has 0 aliphatic carbocycles. The average molecular weight is 425 g/mol. The number of nitrogens with one attached hydrogen (secondary N) is 3. The van der Waals surface area contributed by atoms with Crippen molar-refractivity contribution in [2.75, 3.05) is 36.4 Å². The molecule has 1 saturated heterocycles. The maximum atomic E-state index is 12.4. The van der Waals surface area contributed by atoms with Crippen LogP contribution in [0.1, 0.15) is 35.8 Å². The van der Waals surface area contributed by atoms with Crippen LogP contribution in [0.15, 0.2) is 36.4 Å². The van der Waals surface area contributed by atoms with Gasteiger partial charge in [0.15, 0.2) is 5.82 Å². The lowest BCUT2D eigenvalue weighted by atomic mass is 9.96. The topological polar surface area (TPSA) is 116 Å². The van der Waals surface area contributed by atoms with Crippen LogP contribution in [-0.2, 0) is 9.59 Å². The van der Waals surface area contributed by atoms with Crippen LogP contribution < -0.4 is 20.9 Å². The first-order chi connectivity index (χ1) is 14.9. The van der Waals surface area contributed by atoms with Gasteiger partial charge in [0.05, 0.1) is 5.69 Å². The first kappa shape index (κ1) is 22.2. The number of benzene rings is 1. The highest BCUT2D eigenvalue weighted by atomic mass is 16.2. The van der Waals surface area contributed by atoms with Gasteiger partial charge in [0.2, 0.25) is 11.8 Å². The van der Waals surface area contributed by atoms with Crippen molar-refractivity contribution in [1.82, 2.24) is 20.8 Å². The van der Waals surface area contributed by atoms with Crippen molar-refractivity contribution in [2.24, 2.45) is 5.92 Å². The Morgan fingerprint density at radius 3 is 2.26 bits per heavy atom. The van der Waals surface area contributed by atoms with Crippen molar-refractivity contribution in [3.05, 3.63) is 47.7 Å². The molecule has 9 heteroatoms. The Morgan fingerprint density at radius 2 is 1.65 bits per heavy atom. The lowest BCUT2D eigenvalue weighted by Gasteiger charge is -2.31. The van der Waals surface area contributed by atoms with Crippen LogP contribution in [0.4, 0.5) is 11.5 Å². The van der Waals surface area contributed by atoms with Crippen LogP contribution in [0, 0.1) is 12.8 Å². The van der Waals surface area contributed by atoms with E-state index in [0.29, 0.717) is 24.3 Å². The monoisotopic (exact) mass is 424 g/mol. The molecular formula is C22H28N6O3. The third-order valence-electron chi connectivity index (χ3n) is 5.15. The molecule has 1 fully saturated rings. The van der Waals surface area contributed by atoms with Gasteiger partial charge in [-0.25, -0.2) is 0 Å². The van der Waals surface area contributed by atoms with Crippen LogP contribution in [0.25, 0.3) is 0 Å². The van der Waals surface area contributed by atoms with E-state index in [2.05, 4.69) is 31.0 Å². The molecule has 2 aromatic rings. The fraction of sp³-hybridized carbons (Fsp3) is 0.409. The Hall–Kier alpha value is -3.49. The van der Waals surface area contributed by atoms with Gasteiger partial charge in [-0.05, 0) is 56.2 Å². The SMILES string of the molecule is CC(=O)Nc1ccc(C(=O)NCCNC(=O)C2CCN(c3ccc(C)nn3)CC2)cc1. The smallest absolute Gasteiger partial charge is 0.251 e. The minimum atomic E-state index is -0.226.